The second kappa shape index (κ2) is 22.1. The van der Waals surface area contributed by atoms with E-state index in [1.807, 2.05) is 48.5 Å². The molecule has 0 radical (unpaired) electrons. The summed E-state index contributed by atoms with van der Waals surface area (Å²) >= 11 is 0. The van der Waals surface area contributed by atoms with Gasteiger partial charge in [-0.15, -0.1) is 0 Å². The summed E-state index contributed by atoms with van der Waals surface area (Å²) < 4.78 is 0. The highest BCUT2D eigenvalue weighted by atomic mass is 16.5. The minimum Gasteiger partial charge on any atom is -0.396 e. The molecule has 12 unspecified atom stereocenters. The van der Waals surface area contributed by atoms with Crippen molar-refractivity contribution in [1.29, 1.82) is 0 Å². The maximum atomic E-state index is 10.2. The minimum atomic E-state index is -1.49. The monoisotopic (exact) mass is 630 g/mol. The zero-order valence-electron chi connectivity index (χ0n) is 29.1. The van der Waals surface area contributed by atoms with Crippen molar-refractivity contribution in [2.45, 2.75) is 146 Å². The van der Waals surface area contributed by atoms with E-state index in [9.17, 15) is 40.9 Å². The Labute approximate surface area is 261 Å². The van der Waals surface area contributed by atoms with Crippen molar-refractivity contribution >= 4 is 0 Å². The number of aliphatic hydroxyl groups excluding tert-OH is 9. The summed E-state index contributed by atoms with van der Waals surface area (Å²) in [4.78, 5) is 0. The highest BCUT2D eigenvalue weighted by Crippen LogP contribution is 2.39. The lowest BCUT2D eigenvalue weighted by atomic mass is 9.68. The van der Waals surface area contributed by atoms with Crippen LogP contribution in [-0.2, 0) is 0 Å². The molecule has 0 aliphatic carbocycles. The van der Waals surface area contributed by atoms with Gasteiger partial charge >= 0.3 is 0 Å². The van der Waals surface area contributed by atoms with E-state index in [0.29, 0.717) is 6.42 Å². The lowest BCUT2D eigenvalue weighted by Crippen LogP contribution is -2.49. The molecular formula is C32H70O11. The summed E-state index contributed by atoms with van der Waals surface area (Å²) in [6.07, 6.45) is -7.40. The average molecular weight is 631 g/mol. The van der Waals surface area contributed by atoms with E-state index in [1.165, 1.54) is 0 Å². The summed E-state index contributed by atoms with van der Waals surface area (Å²) in [5.41, 5.74) is -0.710. The van der Waals surface area contributed by atoms with Crippen molar-refractivity contribution in [3.8, 4) is 0 Å². The molecule has 0 aliphatic heterocycles. The van der Waals surface area contributed by atoms with E-state index in [4.69, 9.17) is 15.3 Å². The van der Waals surface area contributed by atoms with Gasteiger partial charge in [0.2, 0.25) is 0 Å². The number of aliphatic hydroxyl groups is 11. The summed E-state index contributed by atoms with van der Waals surface area (Å²) in [5, 5.41) is 104. The molecule has 0 rings (SSSR count). The first-order valence-electron chi connectivity index (χ1n) is 15.8. The van der Waals surface area contributed by atoms with Gasteiger partial charge < -0.3 is 56.2 Å². The van der Waals surface area contributed by atoms with Crippen LogP contribution in [0.3, 0.4) is 0 Å². The van der Waals surface area contributed by atoms with Gasteiger partial charge in [-0.1, -0.05) is 90.0 Å². The Bertz CT molecular complexity index is 658. The smallest absolute Gasteiger partial charge is 0.154 e. The first kappa shape index (κ1) is 47.0. The first-order valence-corrected chi connectivity index (χ1v) is 15.8. The van der Waals surface area contributed by atoms with Crippen molar-refractivity contribution in [1.82, 2.24) is 0 Å². The molecule has 0 saturated carbocycles. The molecule has 0 heterocycles. The fourth-order valence-electron chi connectivity index (χ4n) is 4.39. The van der Waals surface area contributed by atoms with Crippen LogP contribution >= 0.6 is 0 Å². The fourth-order valence-corrected chi connectivity index (χ4v) is 4.39. The molecule has 0 aromatic carbocycles. The van der Waals surface area contributed by atoms with Gasteiger partial charge in [0.05, 0.1) is 36.6 Å². The lowest BCUT2D eigenvalue weighted by molar-refractivity contribution is -0.166. The highest BCUT2D eigenvalue weighted by Gasteiger charge is 2.43. The Morgan fingerprint density at radius 3 is 1.07 bits per heavy atom. The lowest BCUT2D eigenvalue weighted by Gasteiger charge is -2.42. The van der Waals surface area contributed by atoms with Crippen LogP contribution in [0, 0.1) is 52.8 Å². The Balaban J connectivity index is -0.000000562. The summed E-state index contributed by atoms with van der Waals surface area (Å²) in [7, 11) is 0. The molecule has 0 aromatic heterocycles. The second-order valence-electron chi connectivity index (χ2n) is 13.8. The summed E-state index contributed by atoms with van der Waals surface area (Å²) in [6.45, 7) is 23.4. The van der Waals surface area contributed by atoms with Crippen LogP contribution in [0.15, 0.2) is 0 Å². The first-order chi connectivity index (χ1) is 19.4. The van der Waals surface area contributed by atoms with Crippen molar-refractivity contribution in [2.75, 3.05) is 6.61 Å². The molecule has 0 aromatic rings. The maximum Gasteiger partial charge on any atom is 0.154 e. The van der Waals surface area contributed by atoms with Crippen molar-refractivity contribution in [3.63, 3.8) is 0 Å². The van der Waals surface area contributed by atoms with Gasteiger partial charge in [0.25, 0.3) is 0 Å². The molecule has 264 valence electrons. The normalized spacial score (nSPS) is 21.4. The third-order valence-electron chi connectivity index (χ3n) is 9.56. The average Bonchev–Trinajstić information content (AvgIpc) is 2.96. The predicted molar refractivity (Wildman–Crippen MR) is 168 cm³/mol. The number of rotatable bonds is 16. The van der Waals surface area contributed by atoms with Crippen molar-refractivity contribution < 1.29 is 56.2 Å². The van der Waals surface area contributed by atoms with Gasteiger partial charge in [-0.3, -0.25) is 0 Å². The van der Waals surface area contributed by atoms with Crippen LogP contribution in [-0.4, -0.2) is 112 Å². The van der Waals surface area contributed by atoms with E-state index in [1.54, 1.807) is 41.5 Å². The SMILES string of the molecule is CC(C)C(O)C(O)C(C)C(C)C(O)O.CC(C)C(O)C(O)C(C)C(C)CO.CCC(C)(C(C)C(O)O)C(O)C(O)C(C)C. The van der Waals surface area contributed by atoms with Crippen molar-refractivity contribution in [2.24, 2.45) is 52.8 Å². The van der Waals surface area contributed by atoms with Crippen LogP contribution in [0.2, 0.25) is 0 Å². The van der Waals surface area contributed by atoms with E-state index < -0.39 is 66.5 Å². The maximum absolute atomic E-state index is 10.2. The molecule has 11 heteroatoms. The van der Waals surface area contributed by atoms with E-state index in [2.05, 4.69) is 0 Å². The van der Waals surface area contributed by atoms with Gasteiger partial charge in [-0.2, -0.15) is 0 Å². The molecule has 11 N–H and O–H groups in total. The van der Waals surface area contributed by atoms with Crippen molar-refractivity contribution in [3.05, 3.63) is 0 Å². The number of hydrogen-bond donors (Lipinski definition) is 11. The van der Waals surface area contributed by atoms with Crippen LogP contribution in [0.25, 0.3) is 0 Å². The largest absolute Gasteiger partial charge is 0.396 e. The molecule has 0 amide bonds. The molecule has 0 spiro atoms. The molecular weight excluding hydrogens is 560 g/mol. The summed E-state index contributed by atoms with van der Waals surface area (Å²) in [6, 6.07) is 0. The van der Waals surface area contributed by atoms with Gasteiger partial charge in [0.1, 0.15) is 0 Å². The zero-order chi connectivity index (χ0) is 35.2. The summed E-state index contributed by atoms with van der Waals surface area (Å²) in [5.74, 6) is -1.44. The minimum absolute atomic E-state index is 0.0170. The topological polar surface area (TPSA) is 223 Å². The standard InChI is InChI=1S/C12H26O4.C10H22O4.C10H22O3/c1-6-12(5,8(4)11(15)16)10(14)9(13)7(2)3;1-5(2)8(11)9(12)6(3)7(4)10(13)14;1-6(2)9(12)10(13)8(4)7(3)5-11/h7-11,13-16H,6H2,1-5H3;5-14H,1-4H3;6-13H,5H2,1-4H3. The molecule has 0 bridgehead atoms. The molecule has 0 aliphatic rings. The Hall–Kier alpha value is -0.440. The van der Waals surface area contributed by atoms with Gasteiger partial charge in [0.15, 0.2) is 12.6 Å². The highest BCUT2D eigenvalue weighted by molar-refractivity contribution is 4.91. The third-order valence-corrected chi connectivity index (χ3v) is 9.56. The number of hydrogen-bond acceptors (Lipinski definition) is 11. The molecule has 0 saturated heterocycles. The molecule has 12 atom stereocenters. The quantitative estimate of drug-likeness (QED) is 0.109. The molecule has 43 heavy (non-hydrogen) atoms. The Kier molecular flexibility index (Phi) is 24.2. The Morgan fingerprint density at radius 2 is 0.814 bits per heavy atom. The van der Waals surface area contributed by atoms with Gasteiger partial charge in [0, 0.05) is 23.9 Å². The van der Waals surface area contributed by atoms with Crippen LogP contribution in [0.4, 0.5) is 0 Å². The van der Waals surface area contributed by atoms with Crippen LogP contribution in [0.1, 0.15) is 96.4 Å². The van der Waals surface area contributed by atoms with Crippen LogP contribution in [0.5, 0.6) is 0 Å². The van der Waals surface area contributed by atoms with Crippen LogP contribution < -0.4 is 0 Å². The molecule has 0 fully saturated rings. The fraction of sp³-hybridized carbons (Fsp3) is 1.00. The predicted octanol–water partition coefficient (Wildman–Crippen LogP) is 1.30. The zero-order valence-corrected chi connectivity index (χ0v) is 29.1. The van der Waals surface area contributed by atoms with E-state index in [0.717, 1.165) is 0 Å². The van der Waals surface area contributed by atoms with Gasteiger partial charge in [-0.25, -0.2) is 0 Å². The van der Waals surface area contributed by atoms with Gasteiger partial charge in [-0.05, 0) is 41.9 Å². The van der Waals surface area contributed by atoms with E-state index >= 15 is 0 Å². The Morgan fingerprint density at radius 1 is 0.465 bits per heavy atom. The second-order valence-corrected chi connectivity index (χ2v) is 13.8. The molecule has 11 nitrogen and oxygen atoms in total. The third kappa shape index (κ3) is 15.6. The van der Waals surface area contributed by atoms with E-state index in [-0.39, 0.29) is 42.1 Å².